The van der Waals surface area contributed by atoms with Crippen LogP contribution in [-0.4, -0.2) is 16.9 Å². The summed E-state index contributed by atoms with van der Waals surface area (Å²) in [5, 5.41) is 8.48. The summed E-state index contributed by atoms with van der Waals surface area (Å²) in [7, 11) is 0. The molecule has 0 aliphatic rings. The SMILES string of the molecule is CCC(=O)Nc1cccc(NC(=S)NC(=O)c2cccc(Br)c2)c1. The molecule has 0 bridgehead atoms. The van der Waals surface area contributed by atoms with E-state index >= 15 is 0 Å². The average molecular weight is 406 g/mol. The first kappa shape index (κ1) is 18.1. The highest BCUT2D eigenvalue weighted by Gasteiger charge is 2.08. The Hall–Kier alpha value is -2.25. The van der Waals surface area contributed by atoms with Crippen molar-refractivity contribution in [2.45, 2.75) is 13.3 Å². The molecule has 0 unspecified atom stereocenters. The molecule has 0 aliphatic carbocycles. The number of amides is 2. The summed E-state index contributed by atoms with van der Waals surface area (Å²) >= 11 is 8.48. The molecule has 0 radical (unpaired) electrons. The van der Waals surface area contributed by atoms with E-state index in [9.17, 15) is 9.59 Å². The van der Waals surface area contributed by atoms with Crippen LogP contribution in [0.25, 0.3) is 0 Å². The fourth-order valence-corrected chi connectivity index (χ4v) is 2.50. The molecule has 0 saturated heterocycles. The third-order valence-corrected chi connectivity index (χ3v) is 3.74. The minimum absolute atomic E-state index is 0.0716. The second-order valence-corrected chi connectivity index (χ2v) is 6.23. The third-order valence-electron chi connectivity index (χ3n) is 3.04. The van der Waals surface area contributed by atoms with Crippen LogP contribution in [0.3, 0.4) is 0 Å². The number of anilines is 2. The smallest absolute Gasteiger partial charge is 0.257 e. The number of hydrogen-bond acceptors (Lipinski definition) is 3. The van der Waals surface area contributed by atoms with E-state index in [1.807, 2.05) is 6.07 Å². The van der Waals surface area contributed by atoms with E-state index in [2.05, 4.69) is 31.9 Å². The predicted octanol–water partition coefficient (Wildman–Crippen LogP) is 3.92. The lowest BCUT2D eigenvalue weighted by Gasteiger charge is -2.11. The Morgan fingerprint density at radius 2 is 1.71 bits per heavy atom. The lowest BCUT2D eigenvalue weighted by atomic mass is 10.2. The standard InChI is InChI=1S/C17H16BrN3O2S/c1-2-15(22)19-13-7-4-8-14(10-13)20-17(24)21-16(23)11-5-3-6-12(18)9-11/h3-10H,2H2,1H3,(H,19,22)(H2,20,21,23,24). The van der Waals surface area contributed by atoms with E-state index in [0.717, 1.165) is 4.47 Å². The number of halogens is 1. The maximum atomic E-state index is 12.1. The van der Waals surface area contributed by atoms with Crippen molar-refractivity contribution in [2.75, 3.05) is 10.6 Å². The highest BCUT2D eigenvalue weighted by molar-refractivity contribution is 9.10. The minimum Gasteiger partial charge on any atom is -0.332 e. The molecule has 124 valence electrons. The van der Waals surface area contributed by atoms with Crippen LogP contribution in [0.15, 0.2) is 53.0 Å². The molecule has 0 fully saturated rings. The van der Waals surface area contributed by atoms with Gasteiger partial charge in [0.1, 0.15) is 0 Å². The second-order valence-electron chi connectivity index (χ2n) is 4.90. The van der Waals surface area contributed by atoms with Crippen LogP contribution < -0.4 is 16.0 Å². The molecule has 2 rings (SSSR count). The third kappa shape index (κ3) is 5.43. The van der Waals surface area contributed by atoms with Crippen LogP contribution >= 0.6 is 28.1 Å². The van der Waals surface area contributed by atoms with Gasteiger partial charge in [0.25, 0.3) is 5.91 Å². The zero-order chi connectivity index (χ0) is 17.5. The molecular weight excluding hydrogens is 390 g/mol. The number of rotatable bonds is 4. The Bertz CT molecular complexity index is 780. The fourth-order valence-electron chi connectivity index (χ4n) is 1.89. The molecule has 2 aromatic carbocycles. The van der Waals surface area contributed by atoms with Gasteiger partial charge in [-0.25, -0.2) is 0 Å². The van der Waals surface area contributed by atoms with Crippen LogP contribution in [0.4, 0.5) is 11.4 Å². The summed E-state index contributed by atoms with van der Waals surface area (Å²) in [6.45, 7) is 1.78. The van der Waals surface area contributed by atoms with Crippen molar-refractivity contribution in [3.8, 4) is 0 Å². The highest BCUT2D eigenvalue weighted by atomic mass is 79.9. The van der Waals surface area contributed by atoms with E-state index in [-0.39, 0.29) is 16.9 Å². The van der Waals surface area contributed by atoms with Crippen molar-refractivity contribution in [1.82, 2.24) is 5.32 Å². The number of thiocarbonyl (C=S) groups is 1. The van der Waals surface area contributed by atoms with E-state index in [1.54, 1.807) is 49.4 Å². The first-order chi connectivity index (χ1) is 11.5. The van der Waals surface area contributed by atoms with Crippen molar-refractivity contribution in [3.05, 3.63) is 58.6 Å². The topological polar surface area (TPSA) is 70.2 Å². The lowest BCUT2D eigenvalue weighted by Crippen LogP contribution is -2.34. The number of hydrogen-bond donors (Lipinski definition) is 3. The summed E-state index contributed by atoms with van der Waals surface area (Å²) in [6, 6.07) is 14.1. The molecule has 0 saturated carbocycles. The second kappa shape index (κ2) is 8.56. The quantitative estimate of drug-likeness (QED) is 0.674. The lowest BCUT2D eigenvalue weighted by molar-refractivity contribution is -0.115. The van der Waals surface area contributed by atoms with Crippen molar-refractivity contribution in [2.24, 2.45) is 0 Å². The van der Waals surface area contributed by atoms with Crippen molar-refractivity contribution < 1.29 is 9.59 Å². The van der Waals surface area contributed by atoms with E-state index < -0.39 is 0 Å². The molecule has 0 aliphatic heterocycles. The molecule has 0 aromatic heterocycles. The zero-order valence-electron chi connectivity index (χ0n) is 12.9. The summed E-state index contributed by atoms with van der Waals surface area (Å²) in [4.78, 5) is 23.6. The maximum absolute atomic E-state index is 12.1. The van der Waals surface area contributed by atoms with E-state index in [0.29, 0.717) is 23.4 Å². The van der Waals surface area contributed by atoms with E-state index in [1.165, 1.54) is 0 Å². The van der Waals surface area contributed by atoms with Gasteiger partial charge in [-0.2, -0.15) is 0 Å². The van der Waals surface area contributed by atoms with Gasteiger partial charge in [-0.1, -0.05) is 35.0 Å². The predicted molar refractivity (Wildman–Crippen MR) is 103 cm³/mol. The summed E-state index contributed by atoms with van der Waals surface area (Å²) in [6.07, 6.45) is 0.402. The number of nitrogens with one attached hydrogen (secondary N) is 3. The Labute approximate surface area is 154 Å². The van der Waals surface area contributed by atoms with Gasteiger partial charge in [-0.3, -0.25) is 14.9 Å². The first-order valence-electron chi connectivity index (χ1n) is 7.25. The molecule has 3 N–H and O–H groups in total. The molecule has 2 aromatic rings. The van der Waals surface area contributed by atoms with Crippen LogP contribution in [-0.2, 0) is 4.79 Å². The molecule has 5 nitrogen and oxygen atoms in total. The monoisotopic (exact) mass is 405 g/mol. The molecule has 0 atom stereocenters. The largest absolute Gasteiger partial charge is 0.332 e. The molecule has 24 heavy (non-hydrogen) atoms. The van der Waals surface area contributed by atoms with E-state index in [4.69, 9.17) is 12.2 Å². The highest BCUT2D eigenvalue weighted by Crippen LogP contribution is 2.15. The van der Waals surface area contributed by atoms with Crippen molar-refractivity contribution >= 4 is 56.4 Å². The van der Waals surface area contributed by atoms with Gasteiger partial charge in [-0.05, 0) is 48.6 Å². The molecular formula is C17H16BrN3O2S. The molecule has 2 amide bonds. The van der Waals surface area contributed by atoms with Crippen LogP contribution in [0, 0.1) is 0 Å². The van der Waals surface area contributed by atoms with Gasteiger partial charge < -0.3 is 10.6 Å². The van der Waals surface area contributed by atoms with Gasteiger partial charge >= 0.3 is 0 Å². The maximum Gasteiger partial charge on any atom is 0.257 e. The minimum atomic E-state index is -0.302. The molecule has 0 spiro atoms. The van der Waals surface area contributed by atoms with Crippen LogP contribution in [0.5, 0.6) is 0 Å². The zero-order valence-corrected chi connectivity index (χ0v) is 15.3. The first-order valence-corrected chi connectivity index (χ1v) is 8.46. The Balaban J connectivity index is 1.98. The van der Waals surface area contributed by atoms with Gasteiger partial charge in [-0.15, -0.1) is 0 Å². The van der Waals surface area contributed by atoms with Gasteiger partial charge in [0.2, 0.25) is 5.91 Å². The number of benzene rings is 2. The molecule has 0 heterocycles. The molecule has 7 heteroatoms. The Morgan fingerprint density at radius 3 is 2.38 bits per heavy atom. The Morgan fingerprint density at radius 1 is 1.04 bits per heavy atom. The number of carbonyl (C=O) groups is 2. The van der Waals surface area contributed by atoms with Crippen LogP contribution in [0.1, 0.15) is 23.7 Å². The Kier molecular flexibility index (Phi) is 6.45. The van der Waals surface area contributed by atoms with Crippen molar-refractivity contribution in [3.63, 3.8) is 0 Å². The van der Waals surface area contributed by atoms with Crippen molar-refractivity contribution in [1.29, 1.82) is 0 Å². The average Bonchev–Trinajstić information content (AvgIpc) is 2.54. The van der Waals surface area contributed by atoms with Gasteiger partial charge in [0, 0.05) is 27.8 Å². The summed E-state index contributed by atoms with van der Waals surface area (Å²) in [5.74, 6) is -0.373. The fraction of sp³-hybridized carbons (Fsp3) is 0.118. The number of carbonyl (C=O) groups excluding carboxylic acids is 2. The normalized spacial score (nSPS) is 9.92. The van der Waals surface area contributed by atoms with Gasteiger partial charge in [0.05, 0.1) is 0 Å². The van der Waals surface area contributed by atoms with Gasteiger partial charge in [0.15, 0.2) is 5.11 Å². The van der Waals surface area contributed by atoms with Crippen LogP contribution in [0.2, 0.25) is 0 Å². The summed E-state index contributed by atoms with van der Waals surface area (Å²) < 4.78 is 0.813. The summed E-state index contributed by atoms with van der Waals surface area (Å²) in [5.41, 5.74) is 1.83.